The Morgan fingerprint density at radius 2 is 1.59 bits per heavy atom. The first-order valence-electron chi connectivity index (χ1n) is 6.66. The van der Waals surface area contributed by atoms with E-state index in [0.717, 1.165) is 17.0 Å². The van der Waals surface area contributed by atoms with Gasteiger partial charge in [-0.05, 0) is 38.8 Å². The van der Waals surface area contributed by atoms with E-state index in [9.17, 15) is 13.0 Å². The zero-order chi connectivity index (χ0) is 17.1. The highest BCUT2D eigenvalue weighted by atomic mass is 32.2. The lowest BCUT2D eigenvalue weighted by Gasteiger charge is -2.14. The van der Waals surface area contributed by atoms with Crippen molar-refractivity contribution in [2.45, 2.75) is 39.5 Å². The molecule has 0 aliphatic heterocycles. The molecule has 1 aromatic heterocycles. The zero-order valence-electron chi connectivity index (χ0n) is 13.4. The molecule has 22 heavy (non-hydrogen) atoms. The summed E-state index contributed by atoms with van der Waals surface area (Å²) in [5.74, 6) is 5.50. The summed E-state index contributed by atoms with van der Waals surface area (Å²) in [5, 5.41) is 0. The second kappa shape index (κ2) is 6.85. The molecule has 0 fully saturated rings. The number of rotatable bonds is 1. The van der Waals surface area contributed by atoms with Crippen LogP contribution in [-0.2, 0) is 10.1 Å². The first-order valence-corrected chi connectivity index (χ1v) is 8.07. The van der Waals surface area contributed by atoms with Crippen molar-refractivity contribution in [1.29, 1.82) is 0 Å². The van der Waals surface area contributed by atoms with E-state index in [0.29, 0.717) is 11.1 Å². The highest BCUT2D eigenvalue weighted by molar-refractivity contribution is 7.85. The second-order valence-electron chi connectivity index (χ2n) is 5.26. The average molecular weight is 323 g/mol. The minimum absolute atomic E-state index is 0.0851. The predicted octanol–water partition coefficient (Wildman–Crippen LogP) is 1.22. The fourth-order valence-corrected chi connectivity index (χ4v) is 3.07. The highest BCUT2D eigenvalue weighted by Crippen LogP contribution is 2.20. The van der Waals surface area contributed by atoms with Crippen molar-refractivity contribution in [3.8, 4) is 0 Å². The summed E-state index contributed by atoms with van der Waals surface area (Å²) in [6, 6.07) is 3.38. The fraction of sp³-hybridized carbons (Fsp3) is 0.333. The van der Waals surface area contributed by atoms with Crippen LogP contribution in [0.4, 0.5) is 0 Å². The van der Waals surface area contributed by atoms with Crippen LogP contribution in [0, 0.1) is 34.6 Å². The summed E-state index contributed by atoms with van der Waals surface area (Å²) in [5.41, 5.74) is 3.89. The van der Waals surface area contributed by atoms with E-state index in [4.69, 9.17) is 5.84 Å². The van der Waals surface area contributed by atoms with Crippen LogP contribution in [0.3, 0.4) is 0 Å². The lowest BCUT2D eigenvalue weighted by molar-refractivity contribution is -0.646. The second-order valence-corrected chi connectivity index (χ2v) is 6.58. The van der Waals surface area contributed by atoms with Gasteiger partial charge < -0.3 is 4.55 Å². The Morgan fingerprint density at radius 1 is 1.09 bits per heavy atom. The minimum atomic E-state index is -4.33. The van der Waals surface area contributed by atoms with Crippen molar-refractivity contribution < 1.29 is 17.6 Å². The first-order chi connectivity index (χ1) is 10.0. The van der Waals surface area contributed by atoms with Crippen molar-refractivity contribution in [3.05, 3.63) is 52.6 Å². The largest absolute Gasteiger partial charge is 0.744 e. The number of hydrogen-bond donors (Lipinski definition) is 1. The molecule has 2 aromatic rings. The van der Waals surface area contributed by atoms with E-state index in [-0.39, 0.29) is 4.90 Å². The third-order valence-corrected chi connectivity index (χ3v) is 4.19. The normalized spacial score (nSPS) is 10.8. The van der Waals surface area contributed by atoms with Gasteiger partial charge in [-0.15, -0.1) is 0 Å². The van der Waals surface area contributed by atoms with Gasteiger partial charge in [0, 0.05) is 6.92 Å². The van der Waals surface area contributed by atoms with E-state index in [1.807, 2.05) is 20.8 Å². The van der Waals surface area contributed by atoms with Crippen molar-refractivity contribution in [2.24, 2.45) is 0 Å². The van der Waals surface area contributed by atoms with Gasteiger partial charge in [0.1, 0.15) is 15.8 Å². The molecule has 1 heterocycles. The Balaban J connectivity index is 0.000000235. The summed E-state index contributed by atoms with van der Waals surface area (Å²) in [6.07, 6.45) is 3.53. The SMILES string of the molecule is Cc1c[n+](N)c(C)cn1.Cc1cc(C)c(S(=O)(=O)[O-])c(C)c1. The average Bonchev–Trinajstić information content (AvgIpc) is 2.31. The monoisotopic (exact) mass is 323 g/mol. The molecule has 7 heteroatoms. The van der Waals surface area contributed by atoms with E-state index in [1.54, 1.807) is 43.0 Å². The van der Waals surface area contributed by atoms with Crippen LogP contribution >= 0.6 is 0 Å². The van der Waals surface area contributed by atoms with Gasteiger partial charge in [0.15, 0.2) is 0 Å². The van der Waals surface area contributed by atoms with E-state index in [1.165, 1.54) is 0 Å². The van der Waals surface area contributed by atoms with Gasteiger partial charge in [0.05, 0.1) is 11.1 Å². The van der Waals surface area contributed by atoms with Gasteiger partial charge in [-0.2, -0.15) is 0 Å². The highest BCUT2D eigenvalue weighted by Gasteiger charge is 2.09. The molecule has 1 aromatic carbocycles. The standard InChI is InChI=1S/C9H12O3S.C6H10N3/c1-6-4-7(2)9(8(3)5-6)13(10,11)12;1-5-4-9(7)6(2)3-8-5/h4-5H,1-3H3,(H,10,11,12);3-4H,1-2H3,(H2,7,8)/q;+1/p-1. The molecule has 0 spiro atoms. The third kappa shape index (κ3) is 4.78. The van der Waals surface area contributed by atoms with Crippen molar-refractivity contribution in [1.82, 2.24) is 4.98 Å². The van der Waals surface area contributed by atoms with Gasteiger partial charge in [-0.3, -0.25) is 0 Å². The molecule has 0 saturated heterocycles. The third-order valence-electron chi connectivity index (χ3n) is 3.04. The van der Waals surface area contributed by atoms with Gasteiger partial charge in [-0.1, -0.05) is 22.4 Å². The van der Waals surface area contributed by atoms with Crippen LogP contribution in [0.2, 0.25) is 0 Å². The maximum atomic E-state index is 10.8. The minimum Gasteiger partial charge on any atom is -0.744 e. The Morgan fingerprint density at radius 3 is 1.95 bits per heavy atom. The van der Waals surface area contributed by atoms with Crippen LogP contribution in [0.25, 0.3) is 0 Å². The van der Waals surface area contributed by atoms with E-state index >= 15 is 0 Å². The maximum absolute atomic E-state index is 10.8. The summed E-state index contributed by atoms with van der Waals surface area (Å²) in [6.45, 7) is 8.94. The number of nitrogens with zero attached hydrogens (tertiary/aromatic N) is 2. The molecule has 0 unspecified atom stereocenters. The Labute approximate surface area is 131 Å². The van der Waals surface area contributed by atoms with Crippen LogP contribution in [-0.4, -0.2) is 18.0 Å². The molecular formula is C15H21N3O3S. The molecule has 0 saturated carbocycles. The van der Waals surface area contributed by atoms with Crippen LogP contribution < -0.4 is 10.5 Å². The Hall–Kier alpha value is -1.99. The number of nitrogen functional groups attached to an aromatic ring is 1. The van der Waals surface area contributed by atoms with E-state index in [2.05, 4.69) is 4.98 Å². The van der Waals surface area contributed by atoms with Crippen molar-refractivity contribution in [3.63, 3.8) is 0 Å². The van der Waals surface area contributed by atoms with Crippen LogP contribution in [0.15, 0.2) is 29.4 Å². The van der Waals surface area contributed by atoms with Gasteiger partial charge >= 0.3 is 0 Å². The Kier molecular flexibility index (Phi) is 5.62. The van der Waals surface area contributed by atoms with Gasteiger partial charge in [0.2, 0.25) is 11.9 Å². The molecule has 0 atom stereocenters. The number of benzene rings is 1. The molecule has 120 valence electrons. The van der Waals surface area contributed by atoms with Gasteiger partial charge in [0.25, 0.3) is 0 Å². The fourth-order valence-electron chi connectivity index (χ4n) is 2.16. The molecule has 2 rings (SSSR count). The van der Waals surface area contributed by atoms with Crippen molar-refractivity contribution >= 4 is 10.1 Å². The quantitative estimate of drug-likeness (QED) is 0.483. The maximum Gasteiger partial charge on any atom is 0.226 e. The molecular weight excluding hydrogens is 302 g/mol. The molecule has 2 N–H and O–H groups in total. The molecule has 0 radical (unpaired) electrons. The van der Waals surface area contributed by atoms with E-state index < -0.39 is 10.1 Å². The molecule has 0 aliphatic rings. The number of nitrogens with two attached hydrogens (primary N) is 1. The predicted molar refractivity (Wildman–Crippen MR) is 82.7 cm³/mol. The molecule has 0 amide bonds. The topological polar surface area (TPSA) is 100.0 Å². The summed E-state index contributed by atoms with van der Waals surface area (Å²) in [7, 11) is -4.33. The summed E-state index contributed by atoms with van der Waals surface area (Å²) < 4.78 is 34.0. The zero-order valence-corrected chi connectivity index (χ0v) is 14.2. The number of aromatic nitrogens is 2. The molecule has 0 aliphatic carbocycles. The lowest BCUT2D eigenvalue weighted by Crippen LogP contribution is -2.47. The van der Waals surface area contributed by atoms with Crippen LogP contribution in [0.1, 0.15) is 28.1 Å². The van der Waals surface area contributed by atoms with Crippen molar-refractivity contribution in [2.75, 3.05) is 5.84 Å². The smallest absolute Gasteiger partial charge is 0.226 e. The first kappa shape index (κ1) is 18.1. The number of aryl methyl sites for hydroxylation is 5. The number of hydrogen-bond acceptors (Lipinski definition) is 5. The van der Waals surface area contributed by atoms with Gasteiger partial charge in [-0.25, -0.2) is 19.2 Å². The molecule has 6 nitrogen and oxygen atoms in total. The summed E-state index contributed by atoms with van der Waals surface area (Å²) in [4.78, 5) is 3.95. The molecule has 0 bridgehead atoms. The summed E-state index contributed by atoms with van der Waals surface area (Å²) >= 11 is 0. The Bertz CT molecular complexity index is 764. The van der Waals surface area contributed by atoms with Crippen LogP contribution in [0.5, 0.6) is 0 Å². The lowest BCUT2D eigenvalue weighted by atomic mass is 10.1.